The lowest BCUT2D eigenvalue weighted by atomic mass is 9.96. The highest BCUT2D eigenvalue weighted by atomic mass is 79.9. The van der Waals surface area contributed by atoms with E-state index in [0.29, 0.717) is 32.6 Å². The molecule has 0 amide bonds. The van der Waals surface area contributed by atoms with E-state index >= 15 is 0 Å². The molecule has 2 N–H and O–H groups in total. The van der Waals surface area contributed by atoms with Crippen molar-refractivity contribution in [1.29, 1.82) is 0 Å². The standard InChI is InChI=1S/C21H22BrClO6/c1-9(2)7-13(24)11-5-6-14-15(19(11)27-4)21(26)28-8-12-17(23)10(3)16(22)18(25)20(12)29-14/h5-6,9,13,24-25H,7-8H2,1-4H3/t13-/m0/s1. The number of halogens is 2. The van der Waals surface area contributed by atoms with Gasteiger partial charge in [0.1, 0.15) is 23.7 Å². The van der Waals surface area contributed by atoms with Crippen LogP contribution in [-0.2, 0) is 11.3 Å². The lowest BCUT2D eigenvalue weighted by molar-refractivity contribution is 0.0454. The smallest absolute Gasteiger partial charge is 0.346 e. The molecule has 0 aliphatic carbocycles. The molecule has 0 spiro atoms. The van der Waals surface area contributed by atoms with Crippen molar-refractivity contribution in [3.63, 3.8) is 0 Å². The van der Waals surface area contributed by atoms with Crippen LogP contribution in [0.5, 0.6) is 23.0 Å². The molecule has 1 atom stereocenters. The Balaban J connectivity index is 2.19. The monoisotopic (exact) mass is 484 g/mol. The molecular weight excluding hydrogens is 464 g/mol. The van der Waals surface area contributed by atoms with Gasteiger partial charge in [0.25, 0.3) is 0 Å². The summed E-state index contributed by atoms with van der Waals surface area (Å²) in [6.07, 6.45) is -0.323. The lowest BCUT2D eigenvalue weighted by Gasteiger charge is -2.24. The van der Waals surface area contributed by atoms with Crippen LogP contribution >= 0.6 is 27.5 Å². The minimum absolute atomic E-state index is 0.0469. The van der Waals surface area contributed by atoms with E-state index < -0.39 is 12.1 Å². The van der Waals surface area contributed by atoms with Gasteiger partial charge in [-0.25, -0.2) is 4.79 Å². The zero-order valence-electron chi connectivity index (χ0n) is 16.5. The molecule has 0 saturated heterocycles. The third kappa shape index (κ3) is 3.91. The number of phenolic OH excluding ortho intramolecular Hbond substituents is 1. The number of hydrogen-bond acceptors (Lipinski definition) is 6. The number of aliphatic hydroxyl groups is 1. The van der Waals surface area contributed by atoms with Gasteiger partial charge in [0, 0.05) is 5.56 Å². The summed E-state index contributed by atoms with van der Waals surface area (Å²) in [5, 5.41) is 21.5. The van der Waals surface area contributed by atoms with E-state index in [2.05, 4.69) is 15.9 Å². The molecule has 0 unspecified atom stereocenters. The maximum Gasteiger partial charge on any atom is 0.346 e. The number of phenols is 1. The molecule has 0 bridgehead atoms. The second kappa shape index (κ2) is 8.42. The molecule has 0 aromatic heterocycles. The average Bonchev–Trinajstić information content (AvgIpc) is 2.67. The van der Waals surface area contributed by atoms with Crippen LogP contribution in [-0.4, -0.2) is 23.3 Å². The second-order valence-corrected chi connectivity index (χ2v) is 8.46. The van der Waals surface area contributed by atoms with Crippen LogP contribution in [0.4, 0.5) is 0 Å². The number of carbonyl (C=O) groups is 1. The highest BCUT2D eigenvalue weighted by molar-refractivity contribution is 9.10. The first-order valence-electron chi connectivity index (χ1n) is 9.10. The zero-order chi connectivity index (χ0) is 21.5. The zero-order valence-corrected chi connectivity index (χ0v) is 18.8. The Hall–Kier alpha value is -1.96. The van der Waals surface area contributed by atoms with Crippen molar-refractivity contribution >= 4 is 33.5 Å². The van der Waals surface area contributed by atoms with Gasteiger partial charge in [-0.3, -0.25) is 0 Å². The highest BCUT2D eigenvalue weighted by Crippen LogP contribution is 2.49. The average molecular weight is 486 g/mol. The lowest BCUT2D eigenvalue weighted by Crippen LogP contribution is -2.15. The molecule has 3 rings (SSSR count). The van der Waals surface area contributed by atoms with Gasteiger partial charge in [0.15, 0.2) is 11.5 Å². The van der Waals surface area contributed by atoms with Gasteiger partial charge in [-0.2, -0.15) is 0 Å². The largest absolute Gasteiger partial charge is 0.503 e. The van der Waals surface area contributed by atoms with E-state index in [9.17, 15) is 15.0 Å². The normalized spacial score (nSPS) is 14.3. The van der Waals surface area contributed by atoms with E-state index in [0.717, 1.165) is 0 Å². The SMILES string of the molecule is COc1c([C@@H](O)CC(C)C)ccc2c1C(=O)OCc1c(Cl)c(C)c(Br)c(O)c1O2. The third-order valence-corrected chi connectivity index (χ3v) is 6.27. The number of methoxy groups -OCH3 is 1. The van der Waals surface area contributed by atoms with Gasteiger partial charge in [-0.15, -0.1) is 0 Å². The molecule has 29 heavy (non-hydrogen) atoms. The molecule has 1 heterocycles. The van der Waals surface area contributed by atoms with Crippen molar-refractivity contribution in [1.82, 2.24) is 0 Å². The summed E-state index contributed by atoms with van der Waals surface area (Å²) < 4.78 is 17.2. The fourth-order valence-electron chi connectivity index (χ4n) is 3.32. The van der Waals surface area contributed by atoms with Crippen molar-refractivity contribution < 1.29 is 29.2 Å². The number of cyclic esters (lactones) is 1. The van der Waals surface area contributed by atoms with Crippen molar-refractivity contribution in [2.75, 3.05) is 7.11 Å². The van der Waals surface area contributed by atoms with Crippen molar-refractivity contribution in [3.8, 4) is 23.0 Å². The Morgan fingerprint density at radius 3 is 2.66 bits per heavy atom. The van der Waals surface area contributed by atoms with Crippen LogP contribution in [0.15, 0.2) is 16.6 Å². The Kier molecular flexibility index (Phi) is 6.31. The Morgan fingerprint density at radius 1 is 1.34 bits per heavy atom. The Morgan fingerprint density at radius 2 is 2.03 bits per heavy atom. The van der Waals surface area contributed by atoms with Gasteiger partial charge < -0.3 is 24.4 Å². The first kappa shape index (κ1) is 21.7. The summed E-state index contributed by atoms with van der Waals surface area (Å²) in [7, 11) is 1.41. The van der Waals surface area contributed by atoms with Crippen molar-refractivity contribution in [2.45, 2.75) is 39.9 Å². The van der Waals surface area contributed by atoms with E-state index in [1.54, 1.807) is 19.1 Å². The molecule has 1 aliphatic heterocycles. The Bertz CT molecular complexity index is 973. The van der Waals surface area contributed by atoms with E-state index in [4.69, 9.17) is 25.8 Å². The predicted octanol–water partition coefficient (Wildman–Crippen LogP) is 5.67. The van der Waals surface area contributed by atoms with Crippen LogP contribution in [0.1, 0.15) is 53.4 Å². The number of rotatable bonds is 4. The van der Waals surface area contributed by atoms with Crippen molar-refractivity contribution in [3.05, 3.63) is 43.9 Å². The number of esters is 1. The van der Waals surface area contributed by atoms with Gasteiger partial charge in [-0.05, 0) is 52.9 Å². The number of carbonyl (C=O) groups excluding carboxylic acids is 1. The summed E-state index contributed by atoms with van der Waals surface area (Å²) in [5.74, 6) is -0.160. The van der Waals surface area contributed by atoms with Crippen LogP contribution in [0.2, 0.25) is 5.02 Å². The molecule has 6 nitrogen and oxygen atoms in total. The number of ether oxygens (including phenoxy) is 3. The van der Waals surface area contributed by atoms with Crippen LogP contribution < -0.4 is 9.47 Å². The molecule has 156 valence electrons. The molecule has 2 aromatic carbocycles. The summed E-state index contributed by atoms with van der Waals surface area (Å²) in [6.45, 7) is 5.52. The molecule has 0 radical (unpaired) electrons. The van der Waals surface area contributed by atoms with Crippen molar-refractivity contribution in [2.24, 2.45) is 5.92 Å². The molecule has 8 heteroatoms. The first-order chi connectivity index (χ1) is 13.7. The maximum absolute atomic E-state index is 12.8. The number of aromatic hydroxyl groups is 1. The van der Waals surface area contributed by atoms with E-state index in [-0.39, 0.29) is 41.1 Å². The Labute approximate surface area is 182 Å². The summed E-state index contributed by atoms with van der Waals surface area (Å²) in [4.78, 5) is 12.8. The quantitative estimate of drug-likeness (QED) is 0.543. The van der Waals surface area contributed by atoms with Crippen LogP contribution in [0.25, 0.3) is 0 Å². The number of hydrogen-bond donors (Lipinski definition) is 2. The highest BCUT2D eigenvalue weighted by Gasteiger charge is 2.31. The molecule has 1 aliphatic rings. The number of aliphatic hydroxyl groups excluding tert-OH is 1. The van der Waals surface area contributed by atoms with E-state index in [1.165, 1.54) is 7.11 Å². The topological polar surface area (TPSA) is 85.2 Å². The van der Waals surface area contributed by atoms with Crippen LogP contribution in [0, 0.1) is 12.8 Å². The van der Waals surface area contributed by atoms with E-state index in [1.807, 2.05) is 13.8 Å². The summed E-state index contributed by atoms with van der Waals surface area (Å²) in [6, 6.07) is 3.19. The maximum atomic E-state index is 12.8. The molecule has 0 saturated carbocycles. The summed E-state index contributed by atoms with van der Waals surface area (Å²) in [5.41, 5.74) is 1.49. The third-order valence-electron chi connectivity index (χ3n) is 4.79. The fraction of sp³-hybridized carbons (Fsp3) is 0.381. The predicted molar refractivity (Wildman–Crippen MR) is 112 cm³/mol. The van der Waals surface area contributed by atoms with Gasteiger partial charge >= 0.3 is 5.97 Å². The second-order valence-electron chi connectivity index (χ2n) is 7.29. The number of benzene rings is 2. The fourth-order valence-corrected chi connectivity index (χ4v) is 4.04. The van der Waals surface area contributed by atoms with Gasteiger partial charge in [0.2, 0.25) is 0 Å². The first-order valence-corrected chi connectivity index (χ1v) is 10.3. The molecule has 2 aromatic rings. The van der Waals surface area contributed by atoms with Gasteiger partial charge in [-0.1, -0.05) is 25.4 Å². The summed E-state index contributed by atoms with van der Waals surface area (Å²) >= 11 is 9.70. The minimum atomic E-state index is -0.819. The molecule has 0 fully saturated rings. The van der Waals surface area contributed by atoms with Gasteiger partial charge in [0.05, 0.1) is 28.3 Å². The molecular formula is C21H22BrClO6. The van der Waals surface area contributed by atoms with Crippen LogP contribution in [0.3, 0.4) is 0 Å². The minimum Gasteiger partial charge on any atom is -0.503 e. The number of fused-ring (bicyclic) bond motifs is 2.